The first kappa shape index (κ1) is 16.9. The van der Waals surface area contributed by atoms with E-state index in [2.05, 4.69) is 5.10 Å². The van der Waals surface area contributed by atoms with Gasteiger partial charge in [0, 0.05) is 16.1 Å². The Balaban J connectivity index is 2.06. The maximum absolute atomic E-state index is 11.7. The number of rotatable bonds is 5. The molecule has 1 heterocycles. The first-order chi connectivity index (χ1) is 12.0. The molecule has 0 atom stereocenters. The van der Waals surface area contributed by atoms with Gasteiger partial charge < -0.3 is 5.11 Å². The van der Waals surface area contributed by atoms with Crippen molar-refractivity contribution in [3.05, 3.63) is 76.1 Å². The predicted octanol–water partition coefficient (Wildman–Crippen LogP) is 4.07. The van der Waals surface area contributed by atoms with Crippen LogP contribution in [0.4, 0.5) is 0 Å². The second-order valence-corrected chi connectivity index (χ2v) is 6.14. The normalized spacial score (nSPS) is 10.6. The van der Waals surface area contributed by atoms with E-state index in [1.807, 2.05) is 31.2 Å². The minimum Gasteiger partial charge on any atom is -0.478 e. The van der Waals surface area contributed by atoms with E-state index in [-0.39, 0.29) is 5.56 Å². The molecule has 0 spiro atoms. The third-order valence-electron chi connectivity index (χ3n) is 3.95. The molecule has 3 aromatic rings. The molecule has 0 fully saturated rings. The van der Waals surface area contributed by atoms with Crippen LogP contribution >= 0.6 is 11.6 Å². The van der Waals surface area contributed by atoms with Crippen LogP contribution in [0, 0.1) is 6.92 Å². The standard InChI is InChI=1S/C19H15ClN2O3/c1-12-2-4-13(5-3-12)10-22-18(11-23)17(9-21-22)16-8-14(20)6-7-15(16)19(24)25/h2-9,11H,10H2,1H3,(H,24,25). The number of carboxylic acid groups (broad SMARTS) is 1. The molecular formula is C19H15ClN2O3. The molecule has 1 aromatic heterocycles. The molecule has 1 N–H and O–H groups in total. The Kier molecular flexibility index (Phi) is 4.67. The summed E-state index contributed by atoms with van der Waals surface area (Å²) in [4.78, 5) is 23.1. The molecular weight excluding hydrogens is 340 g/mol. The number of aromatic carboxylic acids is 1. The minimum atomic E-state index is -1.09. The van der Waals surface area contributed by atoms with Gasteiger partial charge in [-0.2, -0.15) is 5.10 Å². The number of benzene rings is 2. The molecule has 0 radical (unpaired) electrons. The number of carbonyl (C=O) groups is 2. The second kappa shape index (κ2) is 6.91. The molecule has 0 amide bonds. The van der Waals surface area contributed by atoms with Gasteiger partial charge in [0.1, 0.15) is 5.69 Å². The number of carboxylic acids is 1. The molecule has 0 bridgehead atoms. The lowest BCUT2D eigenvalue weighted by atomic mass is 10.0. The zero-order valence-electron chi connectivity index (χ0n) is 13.4. The van der Waals surface area contributed by atoms with Gasteiger partial charge in [0.05, 0.1) is 18.3 Å². The Morgan fingerprint density at radius 2 is 1.92 bits per heavy atom. The molecule has 0 aliphatic rings. The SMILES string of the molecule is Cc1ccc(Cn2ncc(-c3cc(Cl)ccc3C(=O)O)c2C=O)cc1. The lowest BCUT2D eigenvalue weighted by Gasteiger charge is -2.08. The van der Waals surface area contributed by atoms with Crippen molar-refractivity contribution in [2.75, 3.05) is 0 Å². The summed E-state index contributed by atoms with van der Waals surface area (Å²) in [5.74, 6) is -1.09. The summed E-state index contributed by atoms with van der Waals surface area (Å²) in [6.07, 6.45) is 2.18. The maximum atomic E-state index is 11.7. The summed E-state index contributed by atoms with van der Waals surface area (Å²) in [7, 11) is 0. The van der Waals surface area contributed by atoms with E-state index < -0.39 is 5.97 Å². The van der Waals surface area contributed by atoms with E-state index in [1.54, 1.807) is 4.68 Å². The van der Waals surface area contributed by atoms with Crippen molar-refractivity contribution < 1.29 is 14.7 Å². The van der Waals surface area contributed by atoms with Gasteiger partial charge in [-0.3, -0.25) is 9.48 Å². The topological polar surface area (TPSA) is 72.2 Å². The molecule has 0 saturated heterocycles. The van der Waals surface area contributed by atoms with E-state index in [0.717, 1.165) is 11.1 Å². The summed E-state index contributed by atoms with van der Waals surface area (Å²) in [6.45, 7) is 2.41. The average molecular weight is 355 g/mol. The van der Waals surface area contributed by atoms with Gasteiger partial charge in [0.2, 0.25) is 0 Å². The number of hydrogen-bond acceptors (Lipinski definition) is 3. The molecule has 0 saturated carbocycles. The maximum Gasteiger partial charge on any atom is 0.336 e. The van der Waals surface area contributed by atoms with Crippen LogP contribution in [-0.2, 0) is 6.54 Å². The number of hydrogen-bond donors (Lipinski definition) is 1. The molecule has 126 valence electrons. The van der Waals surface area contributed by atoms with Crippen molar-refractivity contribution in [3.8, 4) is 11.1 Å². The Labute approximate surface area is 149 Å². The monoisotopic (exact) mass is 354 g/mol. The van der Waals surface area contributed by atoms with E-state index >= 15 is 0 Å². The van der Waals surface area contributed by atoms with Crippen LogP contribution < -0.4 is 0 Å². The summed E-state index contributed by atoms with van der Waals surface area (Å²) >= 11 is 6.01. The van der Waals surface area contributed by atoms with Gasteiger partial charge in [-0.1, -0.05) is 41.4 Å². The third-order valence-corrected chi connectivity index (χ3v) is 4.18. The van der Waals surface area contributed by atoms with Crippen LogP contribution in [0.3, 0.4) is 0 Å². The molecule has 0 aliphatic heterocycles. The van der Waals surface area contributed by atoms with Crippen molar-refractivity contribution in [1.29, 1.82) is 0 Å². The zero-order chi connectivity index (χ0) is 18.0. The van der Waals surface area contributed by atoms with E-state index in [1.165, 1.54) is 24.4 Å². The number of aldehydes is 1. The number of aryl methyl sites for hydroxylation is 1. The average Bonchev–Trinajstić information content (AvgIpc) is 2.99. The number of halogens is 1. The van der Waals surface area contributed by atoms with Crippen LogP contribution in [0.15, 0.2) is 48.7 Å². The zero-order valence-corrected chi connectivity index (χ0v) is 14.2. The van der Waals surface area contributed by atoms with Gasteiger partial charge in [-0.25, -0.2) is 4.79 Å². The van der Waals surface area contributed by atoms with E-state index in [9.17, 15) is 14.7 Å². The Morgan fingerprint density at radius 3 is 2.56 bits per heavy atom. The minimum absolute atomic E-state index is 0.0717. The highest BCUT2D eigenvalue weighted by Gasteiger charge is 2.19. The quantitative estimate of drug-likeness (QED) is 0.701. The summed E-state index contributed by atoms with van der Waals surface area (Å²) in [6, 6.07) is 12.4. The summed E-state index contributed by atoms with van der Waals surface area (Å²) < 4.78 is 1.56. The van der Waals surface area contributed by atoms with Crippen molar-refractivity contribution in [3.63, 3.8) is 0 Å². The number of carbonyl (C=O) groups excluding carboxylic acids is 1. The van der Waals surface area contributed by atoms with Gasteiger partial charge in [0.15, 0.2) is 6.29 Å². The molecule has 0 aliphatic carbocycles. The van der Waals surface area contributed by atoms with Crippen molar-refractivity contribution in [2.45, 2.75) is 13.5 Å². The first-order valence-electron chi connectivity index (χ1n) is 7.59. The largest absolute Gasteiger partial charge is 0.478 e. The fourth-order valence-electron chi connectivity index (χ4n) is 2.64. The Hall–Kier alpha value is -2.92. The van der Waals surface area contributed by atoms with Gasteiger partial charge in [-0.15, -0.1) is 0 Å². The van der Waals surface area contributed by atoms with Crippen LogP contribution in [0.2, 0.25) is 5.02 Å². The first-order valence-corrected chi connectivity index (χ1v) is 7.97. The molecule has 0 unspecified atom stereocenters. The second-order valence-electron chi connectivity index (χ2n) is 5.70. The van der Waals surface area contributed by atoms with Gasteiger partial charge in [0.25, 0.3) is 0 Å². The van der Waals surface area contributed by atoms with Crippen LogP contribution in [0.5, 0.6) is 0 Å². The van der Waals surface area contributed by atoms with E-state index in [4.69, 9.17) is 11.6 Å². The van der Waals surface area contributed by atoms with Crippen LogP contribution in [0.25, 0.3) is 11.1 Å². The fourth-order valence-corrected chi connectivity index (χ4v) is 2.82. The van der Waals surface area contributed by atoms with Crippen LogP contribution in [0.1, 0.15) is 32.0 Å². The van der Waals surface area contributed by atoms with Gasteiger partial charge in [-0.05, 0) is 30.7 Å². The number of nitrogens with zero attached hydrogens (tertiary/aromatic N) is 2. The highest BCUT2D eigenvalue weighted by molar-refractivity contribution is 6.31. The lowest BCUT2D eigenvalue weighted by molar-refractivity contribution is 0.0697. The molecule has 2 aromatic carbocycles. The van der Waals surface area contributed by atoms with E-state index in [0.29, 0.717) is 34.7 Å². The molecule has 5 nitrogen and oxygen atoms in total. The van der Waals surface area contributed by atoms with Crippen LogP contribution in [-0.4, -0.2) is 27.1 Å². The smallest absolute Gasteiger partial charge is 0.336 e. The fraction of sp³-hybridized carbons (Fsp3) is 0.105. The third kappa shape index (κ3) is 3.46. The summed E-state index contributed by atoms with van der Waals surface area (Å²) in [5, 5.41) is 14.0. The van der Waals surface area contributed by atoms with Crippen molar-refractivity contribution in [2.24, 2.45) is 0 Å². The Bertz CT molecular complexity index is 946. The van der Waals surface area contributed by atoms with Gasteiger partial charge >= 0.3 is 5.97 Å². The molecule has 3 rings (SSSR count). The van der Waals surface area contributed by atoms with Crippen molar-refractivity contribution >= 4 is 23.9 Å². The molecule has 6 heteroatoms. The molecule has 25 heavy (non-hydrogen) atoms. The predicted molar refractivity (Wildman–Crippen MR) is 95.3 cm³/mol. The highest BCUT2D eigenvalue weighted by Crippen LogP contribution is 2.29. The van der Waals surface area contributed by atoms with Crippen molar-refractivity contribution in [1.82, 2.24) is 9.78 Å². The Morgan fingerprint density at radius 1 is 1.20 bits per heavy atom. The number of aromatic nitrogens is 2. The lowest BCUT2D eigenvalue weighted by Crippen LogP contribution is -2.07. The summed E-state index contributed by atoms with van der Waals surface area (Å²) in [5.41, 5.74) is 3.34. The highest BCUT2D eigenvalue weighted by atomic mass is 35.5.